The molecule has 0 saturated heterocycles. The van der Waals surface area contributed by atoms with Gasteiger partial charge in [0.05, 0.1) is 5.75 Å². The molecule has 1 aromatic rings. The number of anilines is 1. The van der Waals surface area contributed by atoms with Gasteiger partial charge in [-0.25, -0.2) is 8.42 Å². The van der Waals surface area contributed by atoms with E-state index < -0.39 is 9.84 Å². The standard InChI is InChI=1S/C11H17NO2S/c1-3-15(13,14)9-8-12-11-6-4-10(2)5-7-11/h4-7,12H,3,8-9H2,1-2H3. The first-order chi connectivity index (χ1) is 7.03. The molecule has 0 atom stereocenters. The zero-order valence-corrected chi connectivity index (χ0v) is 9.97. The molecule has 15 heavy (non-hydrogen) atoms. The van der Waals surface area contributed by atoms with E-state index >= 15 is 0 Å². The molecule has 3 nitrogen and oxygen atoms in total. The maximum atomic E-state index is 11.2. The molecule has 0 aliphatic carbocycles. The molecule has 0 aliphatic rings. The SMILES string of the molecule is CCS(=O)(=O)CCNc1ccc(C)cc1. The molecule has 0 radical (unpaired) electrons. The normalized spacial score (nSPS) is 11.3. The van der Waals surface area contributed by atoms with Crippen molar-refractivity contribution < 1.29 is 8.42 Å². The number of hydrogen-bond donors (Lipinski definition) is 1. The van der Waals surface area contributed by atoms with Crippen LogP contribution in [0.2, 0.25) is 0 Å². The van der Waals surface area contributed by atoms with Crippen LogP contribution >= 0.6 is 0 Å². The molecule has 0 spiro atoms. The van der Waals surface area contributed by atoms with Gasteiger partial charge in [-0.3, -0.25) is 0 Å². The van der Waals surface area contributed by atoms with Crippen molar-refractivity contribution in [3.63, 3.8) is 0 Å². The van der Waals surface area contributed by atoms with E-state index in [0.29, 0.717) is 6.54 Å². The van der Waals surface area contributed by atoms with Crippen LogP contribution in [0.3, 0.4) is 0 Å². The van der Waals surface area contributed by atoms with Gasteiger partial charge in [-0.15, -0.1) is 0 Å². The van der Waals surface area contributed by atoms with Gasteiger partial charge in [-0.2, -0.15) is 0 Å². The molecule has 1 N–H and O–H groups in total. The van der Waals surface area contributed by atoms with Crippen LogP contribution in [-0.4, -0.2) is 26.5 Å². The lowest BCUT2D eigenvalue weighted by Crippen LogP contribution is -2.17. The van der Waals surface area contributed by atoms with E-state index in [4.69, 9.17) is 0 Å². The number of sulfone groups is 1. The Kier molecular flexibility index (Phi) is 4.15. The summed E-state index contributed by atoms with van der Waals surface area (Å²) in [5, 5.41) is 3.08. The number of hydrogen-bond acceptors (Lipinski definition) is 3. The minimum Gasteiger partial charge on any atom is -0.384 e. The summed E-state index contributed by atoms with van der Waals surface area (Å²) < 4.78 is 22.4. The zero-order valence-electron chi connectivity index (χ0n) is 9.16. The van der Waals surface area contributed by atoms with Crippen molar-refractivity contribution >= 4 is 15.5 Å². The zero-order chi connectivity index (χ0) is 11.3. The van der Waals surface area contributed by atoms with E-state index in [1.807, 2.05) is 31.2 Å². The number of nitrogens with one attached hydrogen (secondary N) is 1. The monoisotopic (exact) mass is 227 g/mol. The first kappa shape index (κ1) is 12.0. The average molecular weight is 227 g/mol. The van der Waals surface area contributed by atoms with Gasteiger partial charge < -0.3 is 5.32 Å². The van der Waals surface area contributed by atoms with E-state index in [-0.39, 0.29) is 11.5 Å². The quantitative estimate of drug-likeness (QED) is 0.835. The largest absolute Gasteiger partial charge is 0.384 e. The molecule has 0 aliphatic heterocycles. The summed E-state index contributed by atoms with van der Waals surface area (Å²) in [6.45, 7) is 4.16. The topological polar surface area (TPSA) is 46.2 Å². The van der Waals surface area contributed by atoms with Gasteiger partial charge in [-0.05, 0) is 19.1 Å². The molecule has 0 amide bonds. The van der Waals surface area contributed by atoms with Gasteiger partial charge in [0.25, 0.3) is 0 Å². The van der Waals surface area contributed by atoms with Gasteiger partial charge in [-0.1, -0.05) is 24.6 Å². The minimum atomic E-state index is -2.86. The fourth-order valence-corrected chi connectivity index (χ4v) is 1.87. The molecule has 0 aromatic heterocycles. The molecular weight excluding hydrogens is 210 g/mol. The Bertz CT molecular complexity index is 395. The van der Waals surface area contributed by atoms with Crippen molar-refractivity contribution in [3.05, 3.63) is 29.8 Å². The second kappa shape index (κ2) is 5.16. The van der Waals surface area contributed by atoms with Crippen LogP contribution in [0.5, 0.6) is 0 Å². The smallest absolute Gasteiger partial charge is 0.151 e. The lowest BCUT2D eigenvalue weighted by Gasteiger charge is -2.06. The third-order valence-corrected chi connectivity index (χ3v) is 3.94. The molecule has 0 saturated carbocycles. The molecule has 0 heterocycles. The highest BCUT2D eigenvalue weighted by molar-refractivity contribution is 7.91. The van der Waals surface area contributed by atoms with Crippen LogP contribution < -0.4 is 5.32 Å². The molecule has 1 aromatic carbocycles. The summed E-state index contributed by atoms with van der Waals surface area (Å²) >= 11 is 0. The van der Waals surface area contributed by atoms with Crippen molar-refractivity contribution in [2.75, 3.05) is 23.4 Å². The highest BCUT2D eigenvalue weighted by atomic mass is 32.2. The third kappa shape index (κ3) is 4.34. The Labute approximate surface area is 91.4 Å². The van der Waals surface area contributed by atoms with Crippen LogP contribution in [-0.2, 0) is 9.84 Å². The Morgan fingerprint density at radius 1 is 1.20 bits per heavy atom. The maximum absolute atomic E-state index is 11.2. The van der Waals surface area contributed by atoms with E-state index in [2.05, 4.69) is 5.32 Å². The van der Waals surface area contributed by atoms with E-state index in [1.54, 1.807) is 6.92 Å². The molecule has 84 valence electrons. The predicted octanol–water partition coefficient (Wildman–Crippen LogP) is 1.84. The van der Waals surface area contributed by atoms with Crippen LogP contribution in [0.4, 0.5) is 5.69 Å². The fourth-order valence-electron chi connectivity index (χ4n) is 1.17. The second-order valence-electron chi connectivity index (χ2n) is 3.53. The van der Waals surface area contributed by atoms with Crippen LogP contribution in [0, 0.1) is 6.92 Å². The van der Waals surface area contributed by atoms with Crippen molar-refractivity contribution in [1.29, 1.82) is 0 Å². The summed E-state index contributed by atoms with van der Waals surface area (Å²) in [4.78, 5) is 0. The van der Waals surface area contributed by atoms with Crippen molar-refractivity contribution in [2.45, 2.75) is 13.8 Å². The first-order valence-electron chi connectivity index (χ1n) is 5.04. The summed E-state index contributed by atoms with van der Waals surface area (Å²) in [5.74, 6) is 0.403. The van der Waals surface area contributed by atoms with Gasteiger partial charge in [0.2, 0.25) is 0 Å². The molecule has 4 heteroatoms. The first-order valence-corrected chi connectivity index (χ1v) is 6.86. The molecule has 0 unspecified atom stereocenters. The van der Waals surface area contributed by atoms with Gasteiger partial charge in [0, 0.05) is 18.0 Å². The fraction of sp³-hybridized carbons (Fsp3) is 0.455. The van der Waals surface area contributed by atoms with Gasteiger partial charge in [0.15, 0.2) is 9.84 Å². The summed E-state index contributed by atoms with van der Waals surface area (Å²) in [6.07, 6.45) is 0. The van der Waals surface area contributed by atoms with E-state index in [9.17, 15) is 8.42 Å². The lowest BCUT2D eigenvalue weighted by atomic mass is 10.2. The van der Waals surface area contributed by atoms with Crippen LogP contribution in [0.15, 0.2) is 24.3 Å². The van der Waals surface area contributed by atoms with Crippen LogP contribution in [0.25, 0.3) is 0 Å². The summed E-state index contributed by atoms with van der Waals surface area (Å²) in [5.41, 5.74) is 2.16. The van der Waals surface area contributed by atoms with Crippen LogP contribution in [0.1, 0.15) is 12.5 Å². The average Bonchev–Trinajstić information content (AvgIpc) is 2.21. The van der Waals surface area contributed by atoms with Crippen molar-refractivity contribution in [2.24, 2.45) is 0 Å². The van der Waals surface area contributed by atoms with Crippen molar-refractivity contribution in [3.8, 4) is 0 Å². The Hall–Kier alpha value is -1.03. The predicted molar refractivity (Wildman–Crippen MR) is 64.0 cm³/mol. The Morgan fingerprint density at radius 2 is 1.80 bits per heavy atom. The number of aryl methyl sites for hydroxylation is 1. The minimum absolute atomic E-state index is 0.192. The van der Waals surface area contributed by atoms with Gasteiger partial charge in [0.1, 0.15) is 0 Å². The molecule has 0 fully saturated rings. The Balaban J connectivity index is 2.42. The Morgan fingerprint density at radius 3 is 2.33 bits per heavy atom. The number of benzene rings is 1. The van der Waals surface area contributed by atoms with Crippen molar-refractivity contribution in [1.82, 2.24) is 0 Å². The lowest BCUT2D eigenvalue weighted by molar-refractivity contribution is 0.597. The maximum Gasteiger partial charge on any atom is 0.151 e. The highest BCUT2D eigenvalue weighted by Crippen LogP contribution is 2.07. The number of rotatable bonds is 5. The molecular formula is C11H17NO2S. The summed E-state index contributed by atoms with van der Waals surface area (Å²) in [7, 11) is -2.86. The van der Waals surface area contributed by atoms with E-state index in [0.717, 1.165) is 5.69 Å². The highest BCUT2D eigenvalue weighted by Gasteiger charge is 2.05. The third-order valence-electron chi connectivity index (χ3n) is 2.23. The van der Waals surface area contributed by atoms with E-state index in [1.165, 1.54) is 5.56 Å². The van der Waals surface area contributed by atoms with Gasteiger partial charge >= 0.3 is 0 Å². The molecule has 1 rings (SSSR count). The second-order valence-corrected chi connectivity index (χ2v) is 6.00. The summed E-state index contributed by atoms with van der Waals surface area (Å²) in [6, 6.07) is 7.90. The molecule has 0 bridgehead atoms.